The van der Waals surface area contributed by atoms with Gasteiger partial charge in [-0.2, -0.15) is 0 Å². The molecular formula is C19H22FN3. The number of fused-ring (bicyclic) bond motifs is 1. The van der Waals surface area contributed by atoms with Crippen molar-refractivity contribution in [2.75, 3.05) is 26.2 Å². The van der Waals surface area contributed by atoms with E-state index in [4.69, 9.17) is 0 Å². The molecule has 3 nitrogen and oxygen atoms in total. The maximum Gasteiger partial charge on any atom is 0.123 e. The number of hydrogen-bond donors (Lipinski definition) is 0. The maximum atomic E-state index is 13.0. The maximum absolute atomic E-state index is 13.0. The van der Waals surface area contributed by atoms with Crippen LogP contribution in [-0.4, -0.2) is 41.0 Å². The van der Waals surface area contributed by atoms with E-state index >= 15 is 0 Å². The lowest BCUT2D eigenvalue weighted by Crippen LogP contribution is -2.28. The zero-order chi connectivity index (χ0) is 15.6. The zero-order valence-corrected chi connectivity index (χ0v) is 13.2. The number of likely N-dealkylation sites (tertiary alicyclic amines) is 2. The fourth-order valence-corrected chi connectivity index (χ4v) is 4.01. The van der Waals surface area contributed by atoms with Crippen LogP contribution in [0.2, 0.25) is 0 Å². The van der Waals surface area contributed by atoms with Crippen LogP contribution in [0.1, 0.15) is 11.3 Å². The summed E-state index contributed by atoms with van der Waals surface area (Å²) in [5.41, 5.74) is 2.37. The van der Waals surface area contributed by atoms with E-state index in [0.29, 0.717) is 0 Å². The summed E-state index contributed by atoms with van der Waals surface area (Å²) in [6.07, 6.45) is 1.87. The minimum atomic E-state index is -0.155. The quantitative estimate of drug-likeness (QED) is 0.865. The summed E-state index contributed by atoms with van der Waals surface area (Å²) < 4.78 is 13.0. The van der Waals surface area contributed by atoms with E-state index in [1.807, 2.05) is 24.4 Å². The summed E-state index contributed by atoms with van der Waals surface area (Å²) in [4.78, 5) is 9.48. The van der Waals surface area contributed by atoms with E-state index in [2.05, 4.69) is 26.9 Å². The smallest absolute Gasteiger partial charge is 0.123 e. The first kappa shape index (κ1) is 14.8. The average molecular weight is 311 g/mol. The average Bonchev–Trinajstić information content (AvgIpc) is 3.08. The van der Waals surface area contributed by atoms with Crippen molar-refractivity contribution in [2.24, 2.45) is 11.8 Å². The molecule has 4 rings (SSSR count). The molecule has 4 heteroatoms. The Labute approximate surface area is 136 Å². The minimum Gasteiger partial charge on any atom is -0.298 e. The van der Waals surface area contributed by atoms with Gasteiger partial charge in [0.25, 0.3) is 0 Å². The van der Waals surface area contributed by atoms with Gasteiger partial charge in [-0.3, -0.25) is 14.8 Å². The van der Waals surface area contributed by atoms with Gasteiger partial charge in [0.15, 0.2) is 0 Å². The van der Waals surface area contributed by atoms with Crippen molar-refractivity contribution in [3.05, 3.63) is 65.7 Å². The fourth-order valence-electron chi connectivity index (χ4n) is 4.01. The number of halogens is 1. The van der Waals surface area contributed by atoms with Gasteiger partial charge in [-0.1, -0.05) is 18.2 Å². The third-order valence-corrected chi connectivity index (χ3v) is 5.07. The molecule has 2 saturated heterocycles. The summed E-state index contributed by atoms with van der Waals surface area (Å²) in [5.74, 6) is 1.37. The normalized spacial score (nSPS) is 24.9. The number of aromatic nitrogens is 1. The SMILES string of the molecule is Fc1ccc(CN2C[C@@H]3CN(Cc4ccccn4)C[C@@H]3C2)cc1. The summed E-state index contributed by atoms with van der Waals surface area (Å²) in [6, 6.07) is 13.0. The molecular weight excluding hydrogens is 289 g/mol. The fraction of sp³-hybridized carbons (Fsp3) is 0.421. The van der Waals surface area contributed by atoms with E-state index in [1.54, 1.807) is 12.1 Å². The molecule has 1 aromatic heterocycles. The molecule has 0 unspecified atom stereocenters. The molecule has 23 heavy (non-hydrogen) atoms. The van der Waals surface area contributed by atoms with E-state index in [9.17, 15) is 4.39 Å². The Hall–Kier alpha value is -1.78. The van der Waals surface area contributed by atoms with Crippen LogP contribution >= 0.6 is 0 Å². The van der Waals surface area contributed by atoms with E-state index in [0.717, 1.165) is 43.7 Å². The first-order valence-corrected chi connectivity index (χ1v) is 8.35. The first-order valence-electron chi connectivity index (χ1n) is 8.35. The Morgan fingerprint density at radius 2 is 1.52 bits per heavy atom. The molecule has 3 heterocycles. The summed E-state index contributed by atoms with van der Waals surface area (Å²) in [6.45, 7) is 6.54. The number of hydrogen-bond acceptors (Lipinski definition) is 3. The van der Waals surface area contributed by atoms with Gasteiger partial charge >= 0.3 is 0 Å². The Kier molecular flexibility index (Phi) is 4.10. The van der Waals surface area contributed by atoms with Crippen molar-refractivity contribution in [3.63, 3.8) is 0 Å². The lowest BCUT2D eigenvalue weighted by atomic mass is 10.0. The lowest BCUT2D eigenvalue weighted by molar-refractivity contribution is 0.245. The molecule has 0 radical (unpaired) electrons. The van der Waals surface area contributed by atoms with Gasteiger partial charge in [0.2, 0.25) is 0 Å². The van der Waals surface area contributed by atoms with Crippen LogP contribution in [-0.2, 0) is 13.1 Å². The van der Waals surface area contributed by atoms with Gasteiger partial charge in [0, 0.05) is 45.5 Å². The van der Waals surface area contributed by atoms with E-state index in [-0.39, 0.29) is 5.82 Å². The summed E-state index contributed by atoms with van der Waals surface area (Å²) in [7, 11) is 0. The molecule has 0 bridgehead atoms. The third-order valence-electron chi connectivity index (χ3n) is 5.07. The Bertz CT molecular complexity index is 629. The van der Waals surface area contributed by atoms with Crippen molar-refractivity contribution >= 4 is 0 Å². The number of nitrogens with zero attached hydrogens (tertiary/aromatic N) is 3. The molecule has 2 aliphatic heterocycles. The molecule has 2 atom stereocenters. The van der Waals surface area contributed by atoms with Gasteiger partial charge < -0.3 is 0 Å². The monoisotopic (exact) mass is 311 g/mol. The third kappa shape index (κ3) is 3.43. The number of rotatable bonds is 4. The van der Waals surface area contributed by atoms with Gasteiger partial charge in [0.05, 0.1) is 5.69 Å². The molecule has 0 N–H and O–H groups in total. The van der Waals surface area contributed by atoms with Crippen molar-refractivity contribution in [1.82, 2.24) is 14.8 Å². The van der Waals surface area contributed by atoms with Gasteiger partial charge in [-0.15, -0.1) is 0 Å². The second-order valence-electron chi connectivity index (χ2n) is 6.86. The number of benzene rings is 1. The molecule has 120 valence electrons. The molecule has 2 aliphatic rings. The second-order valence-corrected chi connectivity index (χ2v) is 6.86. The van der Waals surface area contributed by atoms with Crippen molar-refractivity contribution in [3.8, 4) is 0 Å². The predicted octanol–water partition coefficient (Wildman–Crippen LogP) is 2.78. The van der Waals surface area contributed by atoms with Crippen LogP contribution in [0.5, 0.6) is 0 Å². The minimum absolute atomic E-state index is 0.155. The molecule has 2 aromatic rings. The zero-order valence-electron chi connectivity index (χ0n) is 13.2. The van der Waals surface area contributed by atoms with Crippen molar-refractivity contribution in [1.29, 1.82) is 0 Å². The van der Waals surface area contributed by atoms with Gasteiger partial charge in [0.1, 0.15) is 5.82 Å². The predicted molar refractivity (Wildman–Crippen MR) is 88.2 cm³/mol. The first-order chi connectivity index (χ1) is 11.3. The highest BCUT2D eigenvalue weighted by molar-refractivity contribution is 5.16. The second kappa shape index (κ2) is 6.38. The van der Waals surface area contributed by atoms with Crippen LogP contribution < -0.4 is 0 Å². The van der Waals surface area contributed by atoms with Crippen LogP contribution in [0.15, 0.2) is 48.7 Å². The van der Waals surface area contributed by atoms with Gasteiger partial charge in [-0.05, 0) is 41.7 Å². The number of pyridine rings is 1. The summed E-state index contributed by atoms with van der Waals surface area (Å²) in [5, 5.41) is 0. The Morgan fingerprint density at radius 1 is 0.870 bits per heavy atom. The van der Waals surface area contributed by atoms with Crippen LogP contribution in [0.4, 0.5) is 4.39 Å². The lowest BCUT2D eigenvalue weighted by Gasteiger charge is -2.21. The van der Waals surface area contributed by atoms with E-state index < -0.39 is 0 Å². The van der Waals surface area contributed by atoms with Crippen LogP contribution in [0.25, 0.3) is 0 Å². The molecule has 1 aromatic carbocycles. The highest BCUT2D eigenvalue weighted by Crippen LogP contribution is 2.32. The highest BCUT2D eigenvalue weighted by Gasteiger charge is 2.39. The molecule has 0 amide bonds. The standard InChI is InChI=1S/C19H22FN3/c20-18-6-4-15(5-7-18)9-22-10-16-12-23(13-17(16)11-22)14-19-3-1-2-8-21-19/h1-8,16-17H,9-14H2/t16-,17+. The Morgan fingerprint density at radius 3 is 2.13 bits per heavy atom. The van der Waals surface area contributed by atoms with Crippen LogP contribution in [0, 0.1) is 17.7 Å². The van der Waals surface area contributed by atoms with Crippen molar-refractivity contribution < 1.29 is 4.39 Å². The topological polar surface area (TPSA) is 19.4 Å². The Balaban J connectivity index is 1.30. The highest BCUT2D eigenvalue weighted by atomic mass is 19.1. The summed E-state index contributed by atoms with van der Waals surface area (Å²) >= 11 is 0. The molecule has 0 saturated carbocycles. The molecule has 2 fully saturated rings. The van der Waals surface area contributed by atoms with E-state index in [1.165, 1.54) is 18.7 Å². The molecule has 0 spiro atoms. The van der Waals surface area contributed by atoms with Gasteiger partial charge in [-0.25, -0.2) is 4.39 Å². The largest absolute Gasteiger partial charge is 0.298 e. The van der Waals surface area contributed by atoms with Crippen LogP contribution in [0.3, 0.4) is 0 Å². The molecule has 0 aliphatic carbocycles. The van der Waals surface area contributed by atoms with Crippen molar-refractivity contribution in [2.45, 2.75) is 13.1 Å².